The normalized spacial score (nSPS) is 13.7. The number of halogens is 13. The van der Waals surface area contributed by atoms with Gasteiger partial charge in [-0.25, -0.2) is 8.78 Å². The highest BCUT2D eigenvalue weighted by Crippen LogP contribution is 2.55. The molecule has 0 bridgehead atoms. The Morgan fingerprint density at radius 2 is 1.16 bits per heavy atom. The fourth-order valence-corrected chi connectivity index (χ4v) is 2.46. The third-order valence-corrected chi connectivity index (χ3v) is 4.18. The molecule has 1 aromatic carbocycles. The van der Waals surface area contributed by atoms with Crippen molar-refractivity contribution in [3.05, 3.63) is 35.4 Å². The Bertz CT molecular complexity index is 621. The minimum atomic E-state index is -6.84. The minimum absolute atomic E-state index is 0.684. The third-order valence-electron chi connectivity index (χ3n) is 4.18. The van der Waals surface area contributed by atoms with Crippen LogP contribution in [0.2, 0.25) is 0 Å². The molecule has 0 heterocycles. The van der Waals surface area contributed by atoms with Crippen molar-refractivity contribution in [2.75, 3.05) is 0 Å². The van der Waals surface area contributed by atoms with Gasteiger partial charge in [0, 0.05) is 9.15 Å². The lowest BCUT2D eigenvalue weighted by Gasteiger charge is -2.37. The van der Waals surface area contributed by atoms with Crippen molar-refractivity contribution in [1.29, 1.82) is 0 Å². The Hall–Kier alpha value is -1.69. The summed E-state index contributed by atoms with van der Waals surface area (Å²) >= 11 is 0. The van der Waals surface area contributed by atoms with Crippen LogP contribution in [0.3, 0.4) is 0 Å². The summed E-state index contributed by atoms with van der Waals surface area (Å²) < 4.78 is 153. The molecule has 0 saturated carbocycles. The fourth-order valence-electron chi connectivity index (χ4n) is 2.46. The smallest absolute Gasteiger partial charge is 0.203 e. The monoisotopic (exact) mass is 498 g/mol. The zero-order valence-corrected chi connectivity index (χ0v) is 17.2. The van der Waals surface area contributed by atoms with Gasteiger partial charge in [0.1, 0.15) is 5.92 Å². The van der Waals surface area contributed by atoms with Gasteiger partial charge in [-0.1, -0.05) is 56.5 Å². The van der Waals surface area contributed by atoms with Crippen molar-refractivity contribution >= 4 is 0 Å². The molecule has 32 heavy (non-hydrogen) atoms. The van der Waals surface area contributed by atoms with Crippen LogP contribution < -0.4 is 0 Å². The first kappa shape index (κ1) is 32.5. The predicted octanol–water partition coefficient (Wildman–Crippen LogP) is 8.92. The third kappa shape index (κ3) is 8.34. The predicted molar refractivity (Wildman–Crippen MR) is 92.7 cm³/mol. The molecule has 1 rings (SSSR count). The highest BCUT2D eigenvalue weighted by atomic mass is 20.0. The lowest BCUT2D eigenvalue weighted by Crippen LogP contribution is -2.62. The number of rotatable bonds is 8. The van der Waals surface area contributed by atoms with Gasteiger partial charge < -0.3 is 0 Å². The van der Waals surface area contributed by atoms with E-state index in [-0.39, 0.29) is 0 Å². The van der Waals surface area contributed by atoms with E-state index in [0.29, 0.717) is 0 Å². The molecule has 0 aromatic heterocycles. The SMILES string of the molecule is CCCC(C(F)(F)F)C(F)(F)C(F)(F)C(F)(F)C(F)F.CCCc1ccc(C)cc1.FF. The summed E-state index contributed by atoms with van der Waals surface area (Å²) in [5.74, 6) is -24.0. The van der Waals surface area contributed by atoms with Gasteiger partial charge in [0.25, 0.3) is 0 Å². The largest absolute Gasteiger partial charge is 0.397 e. The first-order chi connectivity index (χ1) is 14.5. The van der Waals surface area contributed by atoms with E-state index in [1.165, 1.54) is 24.0 Å². The minimum Gasteiger partial charge on any atom is -0.203 e. The maximum absolute atomic E-state index is 13.1. The standard InChI is InChI=1S/C10H14.C9H9F11.F2/c1-3-4-10-7-5-9(2)6-8-10;1-2-3-4(8(16,17)18)6(12,13)9(19,20)7(14,15)5(10)11;1-2/h5-8H,3-4H2,1-2H3;4-5H,2-3H2,1H3;. The highest BCUT2D eigenvalue weighted by molar-refractivity contribution is 5.21. The number of hydrogen-bond donors (Lipinski definition) is 0. The molecule has 0 aliphatic carbocycles. The fraction of sp³-hybridized carbons (Fsp3) is 0.684. The molecule has 1 unspecified atom stereocenters. The van der Waals surface area contributed by atoms with Crippen LogP contribution in [0.1, 0.15) is 44.2 Å². The number of hydrogen-bond acceptors (Lipinski definition) is 0. The van der Waals surface area contributed by atoms with Gasteiger partial charge in [0.15, 0.2) is 0 Å². The van der Waals surface area contributed by atoms with E-state index in [2.05, 4.69) is 38.1 Å². The van der Waals surface area contributed by atoms with Gasteiger partial charge in [-0.15, -0.1) is 0 Å². The first-order valence-corrected chi connectivity index (χ1v) is 9.14. The van der Waals surface area contributed by atoms with Crippen molar-refractivity contribution in [3.63, 3.8) is 0 Å². The van der Waals surface area contributed by atoms with Crippen LogP contribution in [-0.4, -0.2) is 30.4 Å². The second kappa shape index (κ2) is 13.1. The van der Waals surface area contributed by atoms with Crippen LogP contribution >= 0.6 is 0 Å². The van der Waals surface area contributed by atoms with E-state index < -0.39 is 49.1 Å². The lowest BCUT2D eigenvalue weighted by atomic mass is 9.88. The molecule has 1 atom stereocenters. The van der Waals surface area contributed by atoms with Crippen LogP contribution in [0.15, 0.2) is 24.3 Å². The summed E-state index contributed by atoms with van der Waals surface area (Å²) in [5.41, 5.74) is 2.80. The van der Waals surface area contributed by atoms with Crippen molar-refractivity contribution in [1.82, 2.24) is 0 Å². The number of alkyl halides is 11. The van der Waals surface area contributed by atoms with Gasteiger partial charge in [-0.2, -0.15) is 39.5 Å². The second-order valence-corrected chi connectivity index (χ2v) is 6.74. The molecule has 0 spiro atoms. The zero-order chi connectivity index (χ0) is 26.0. The Morgan fingerprint density at radius 3 is 1.47 bits per heavy atom. The van der Waals surface area contributed by atoms with E-state index in [1.807, 2.05) is 0 Å². The molecule has 0 radical (unpaired) electrons. The second-order valence-electron chi connectivity index (χ2n) is 6.74. The molecule has 13 heteroatoms. The molecule has 190 valence electrons. The molecule has 0 amide bonds. The van der Waals surface area contributed by atoms with Gasteiger partial charge in [0.2, 0.25) is 0 Å². The van der Waals surface area contributed by atoms with E-state index in [1.54, 1.807) is 0 Å². The average molecular weight is 498 g/mol. The summed E-state index contributed by atoms with van der Waals surface area (Å²) in [7, 11) is 0. The molecule has 0 nitrogen and oxygen atoms in total. The Balaban J connectivity index is 0. The van der Waals surface area contributed by atoms with E-state index >= 15 is 0 Å². The Morgan fingerprint density at radius 1 is 0.719 bits per heavy atom. The zero-order valence-electron chi connectivity index (χ0n) is 17.2. The van der Waals surface area contributed by atoms with Crippen LogP contribution in [0.25, 0.3) is 0 Å². The Kier molecular flexibility index (Phi) is 13.3. The Labute approximate surface area is 176 Å². The van der Waals surface area contributed by atoms with Crippen molar-refractivity contribution in [2.45, 2.75) is 76.8 Å². The van der Waals surface area contributed by atoms with E-state index in [4.69, 9.17) is 9.15 Å². The van der Waals surface area contributed by atoms with Gasteiger partial charge in [0.05, 0.1) is 0 Å². The molecular formula is C19H23F13. The van der Waals surface area contributed by atoms with E-state index in [9.17, 15) is 48.3 Å². The molecule has 0 N–H and O–H groups in total. The highest BCUT2D eigenvalue weighted by Gasteiger charge is 2.79. The van der Waals surface area contributed by atoms with Gasteiger partial charge in [-0.3, -0.25) is 0 Å². The molecule has 0 fully saturated rings. The topological polar surface area (TPSA) is 0 Å². The quantitative estimate of drug-likeness (QED) is 0.314. The molecule has 0 saturated heterocycles. The molecule has 0 aliphatic rings. The van der Waals surface area contributed by atoms with Crippen LogP contribution in [0, 0.1) is 12.8 Å². The van der Waals surface area contributed by atoms with Crippen molar-refractivity contribution < 1.29 is 57.4 Å². The van der Waals surface area contributed by atoms with E-state index in [0.717, 1.165) is 6.92 Å². The summed E-state index contributed by atoms with van der Waals surface area (Å²) in [5, 5.41) is 0. The number of benzene rings is 1. The van der Waals surface area contributed by atoms with Gasteiger partial charge >= 0.3 is 30.4 Å². The molecule has 0 aliphatic heterocycles. The number of aryl methyl sites for hydroxylation is 2. The maximum atomic E-state index is 13.1. The summed E-state index contributed by atoms with van der Waals surface area (Å²) in [4.78, 5) is 0. The van der Waals surface area contributed by atoms with Crippen molar-refractivity contribution in [2.24, 2.45) is 5.92 Å². The first-order valence-electron chi connectivity index (χ1n) is 9.14. The van der Waals surface area contributed by atoms with Crippen molar-refractivity contribution in [3.8, 4) is 0 Å². The average Bonchev–Trinajstić information content (AvgIpc) is 2.68. The van der Waals surface area contributed by atoms with Gasteiger partial charge in [-0.05, 0) is 25.3 Å². The van der Waals surface area contributed by atoms with Crippen LogP contribution in [-0.2, 0) is 6.42 Å². The lowest BCUT2D eigenvalue weighted by molar-refractivity contribution is -0.375. The molecular weight excluding hydrogens is 475 g/mol. The van der Waals surface area contributed by atoms with Crippen LogP contribution in [0.5, 0.6) is 0 Å². The maximum Gasteiger partial charge on any atom is 0.397 e. The summed E-state index contributed by atoms with van der Waals surface area (Å²) in [6.45, 7) is 5.24. The summed E-state index contributed by atoms with van der Waals surface area (Å²) in [6, 6.07) is 8.76. The molecule has 1 aromatic rings. The summed E-state index contributed by atoms with van der Waals surface area (Å²) in [6.07, 6.45) is -11.0. The van der Waals surface area contributed by atoms with Crippen LogP contribution in [0.4, 0.5) is 57.4 Å².